The molecule has 1 aromatic carbocycles. The van der Waals surface area contributed by atoms with E-state index in [1.54, 1.807) is 43.4 Å². The molecule has 0 saturated carbocycles. The van der Waals surface area contributed by atoms with Crippen LogP contribution in [0.15, 0.2) is 35.7 Å². The largest absolute Gasteiger partial charge is 0.497 e. The van der Waals surface area contributed by atoms with E-state index in [0.29, 0.717) is 35.0 Å². The van der Waals surface area contributed by atoms with Gasteiger partial charge in [-0.3, -0.25) is 9.59 Å². The van der Waals surface area contributed by atoms with Crippen LogP contribution in [-0.2, 0) is 4.79 Å². The summed E-state index contributed by atoms with van der Waals surface area (Å²) in [6.07, 6.45) is 1.47. The van der Waals surface area contributed by atoms with Gasteiger partial charge in [0.15, 0.2) is 0 Å². The van der Waals surface area contributed by atoms with Gasteiger partial charge in [0.25, 0.3) is 5.91 Å². The molecule has 132 valence electrons. The second-order valence-electron chi connectivity index (χ2n) is 5.72. The molecule has 0 aliphatic carbocycles. The van der Waals surface area contributed by atoms with Crippen molar-refractivity contribution in [1.29, 1.82) is 0 Å². The SMILES string of the molecule is COc1cc(NC(=O)[C@@H]2CCCN2C(=O)c2cccs2)cc(OC)c1. The van der Waals surface area contributed by atoms with Gasteiger partial charge in [-0.1, -0.05) is 6.07 Å². The minimum Gasteiger partial charge on any atom is -0.497 e. The zero-order valence-electron chi connectivity index (χ0n) is 14.2. The Balaban J connectivity index is 1.75. The molecule has 0 radical (unpaired) electrons. The fourth-order valence-corrected chi connectivity index (χ4v) is 3.61. The van der Waals surface area contributed by atoms with Gasteiger partial charge in [0.05, 0.1) is 19.1 Å². The third-order valence-corrected chi connectivity index (χ3v) is 5.03. The molecule has 1 aromatic heterocycles. The van der Waals surface area contributed by atoms with Gasteiger partial charge in [0.1, 0.15) is 17.5 Å². The Labute approximate surface area is 150 Å². The number of hydrogen-bond donors (Lipinski definition) is 1. The number of carbonyl (C=O) groups excluding carboxylic acids is 2. The highest BCUT2D eigenvalue weighted by atomic mass is 32.1. The van der Waals surface area contributed by atoms with Gasteiger partial charge in [-0.05, 0) is 24.3 Å². The quantitative estimate of drug-likeness (QED) is 0.890. The number of benzene rings is 1. The number of ether oxygens (including phenoxy) is 2. The van der Waals surface area contributed by atoms with Crippen molar-refractivity contribution in [3.05, 3.63) is 40.6 Å². The number of rotatable bonds is 5. The molecule has 6 nitrogen and oxygen atoms in total. The van der Waals surface area contributed by atoms with Gasteiger partial charge in [0.2, 0.25) is 5.91 Å². The number of likely N-dealkylation sites (tertiary alicyclic amines) is 1. The first-order valence-electron chi connectivity index (χ1n) is 8.01. The minimum absolute atomic E-state index is 0.0872. The molecule has 0 unspecified atom stereocenters. The van der Waals surface area contributed by atoms with E-state index in [2.05, 4.69) is 5.32 Å². The molecule has 25 heavy (non-hydrogen) atoms. The summed E-state index contributed by atoms with van der Waals surface area (Å²) in [5.41, 5.74) is 0.580. The molecular weight excluding hydrogens is 340 g/mol. The van der Waals surface area contributed by atoms with Crippen LogP contribution in [0.2, 0.25) is 0 Å². The Hall–Kier alpha value is -2.54. The lowest BCUT2D eigenvalue weighted by Gasteiger charge is -2.23. The third kappa shape index (κ3) is 3.76. The van der Waals surface area contributed by atoms with Crippen molar-refractivity contribution >= 4 is 28.8 Å². The van der Waals surface area contributed by atoms with E-state index in [9.17, 15) is 9.59 Å². The molecule has 0 bridgehead atoms. The Morgan fingerprint density at radius 1 is 1.20 bits per heavy atom. The molecule has 1 fully saturated rings. The van der Waals surface area contributed by atoms with Crippen molar-refractivity contribution in [1.82, 2.24) is 4.90 Å². The number of anilines is 1. The number of thiophene rings is 1. The summed E-state index contributed by atoms with van der Waals surface area (Å²) in [5.74, 6) is 0.897. The molecule has 2 heterocycles. The molecule has 0 spiro atoms. The number of nitrogens with one attached hydrogen (secondary N) is 1. The third-order valence-electron chi connectivity index (χ3n) is 4.17. The van der Waals surface area contributed by atoms with Crippen LogP contribution in [0.3, 0.4) is 0 Å². The van der Waals surface area contributed by atoms with Crippen molar-refractivity contribution in [2.24, 2.45) is 0 Å². The van der Waals surface area contributed by atoms with E-state index in [0.717, 1.165) is 6.42 Å². The van der Waals surface area contributed by atoms with Crippen LogP contribution in [-0.4, -0.2) is 43.5 Å². The summed E-state index contributed by atoms with van der Waals surface area (Å²) >= 11 is 1.39. The van der Waals surface area contributed by atoms with Crippen LogP contribution in [0.4, 0.5) is 5.69 Å². The van der Waals surface area contributed by atoms with E-state index in [4.69, 9.17) is 9.47 Å². The number of nitrogens with zero attached hydrogens (tertiary/aromatic N) is 1. The fraction of sp³-hybridized carbons (Fsp3) is 0.333. The molecule has 1 saturated heterocycles. The van der Waals surface area contributed by atoms with Crippen LogP contribution < -0.4 is 14.8 Å². The van der Waals surface area contributed by atoms with Crippen molar-refractivity contribution in [3.63, 3.8) is 0 Å². The zero-order chi connectivity index (χ0) is 17.8. The first kappa shape index (κ1) is 17.3. The van der Waals surface area contributed by atoms with Crippen LogP contribution in [0.5, 0.6) is 11.5 Å². The summed E-state index contributed by atoms with van der Waals surface area (Å²) < 4.78 is 10.4. The van der Waals surface area contributed by atoms with Gasteiger partial charge in [-0.2, -0.15) is 0 Å². The molecule has 1 N–H and O–H groups in total. The lowest BCUT2D eigenvalue weighted by atomic mass is 10.2. The van der Waals surface area contributed by atoms with Crippen LogP contribution in [0, 0.1) is 0 Å². The Morgan fingerprint density at radius 3 is 2.52 bits per heavy atom. The second kappa shape index (κ2) is 7.57. The van der Waals surface area contributed by atoms with Crippen molar-refractivity contribution in [2.75, 3.05) is 26.1 Å². The summed E-state index contributed by atoms with van der Waals surface area (Å²) in [6.45, 7) is 0.594. The number of hydrogen-bond acceptors (Lipinski definition) is 5. The first-order chi connectivity index (χ1) is 12.1. The maximum absolute atomic E-state index is 12.7. The van der Waals surface area contributed by atoms with Crippen molar-refractivity contribution in [3.8, 4) is 11.5 Å². The summed E-state index contributed by atoms with van der Waals surface area (Å²) in [7, 11) is 3.11. The highest BCUT2D eigenvalue weighted by Gasteiger charge is 2.35. The monoisotopic (exact) mass is 360 g/mol. The minimum atomic E-state index is -0.466. The topological polar surface area (TPSA) is 67.9 Å². The predicted octanol–water partition coefficient (Wildman–Crippen LogP) is 3.01. The lowest BCUT2D eigenvalue weighted by Crippen LogP contribution is -2.42. The molecule has 1 atom stereocenters. The highest BCUT2D eigenvalue weighted by molar-refractivity contribution is 7.12. The van der Waals surface area contributed by atoms with Crippen LogP contribution in [0.25, 0.3) is 0 Å². The smallest absolute Gasteiger partial charge is 0.264 e. The maximum atomic E-state index is 12.7. The maximum Gasteiger partial charge on any atom is 0.264 e. The van der Waals surface area contributed by atoms with Crippen LogP contribution >= 0.6 is 11.3 Å². The summed E-state index contributed by atoms with van der Waals surface area (Å²) in [5, 5.41) is 4.74. The number of carbonyl (C=O) groups is 2. The molecular formula is C18H20N2O4S. The van der Waals surface area contributed by atoms with E-state index in [1.807, 2.05) is 11.4 Å². The molecule has 1 aliphatic rings. The van der Waals surface area contributed by atoms with Crippen molar-refractivity contribution < 1.29 is 19.1 Å². The number of methoxy groups -OCH3 is 2. The summed E-state index contributed by atoms with van der Waals surface area (Å²) in [6, 6.07) is 8.34. The van der Waals surface area contributed by atoms with Crippen molar-refractivity contribution in [2.45, 2.75) is 18.9 Å². The lowest BCUT2D eigenvalue weighted by molar-refractivity contribution is -0.119. The Bertz CT molecular complexity index is 738. The zero-order valence-corrected chi connectivity index (χ0v) is 15.0. The summed E-state index contributed by atoms with van der Waals surface area (Å²) in [4.78, 5) is 27.6. The van der Waals surface area contributed by atoms with Crippen LogP contribution in [0.1, 0.15) is 22.5 Å². The van der Waals surface area contributed by atoms with Gasteiger partial charge in [-0.15, -0.1) is 11.3 Å². The Morgan fingerprint density at radius 2 is 1.92 bits per heavy atom. The average Bonchev–Trinajstić information content (AvgIpc) is 3.32. The normalized spacial score (nSPS) is 16.6. The van der Waals surface area contributed by atoms with E-state index in [-0.39, 0.29) is 11.8 Å². The molecule has 2 aromatic rings. The predicted molar refractivity (Wildman–Crippen MR) is 96.6 cm³/mol. The van der Waals surface area contributed by atoms with E-state index >= 15 is 0 Å². The molecule has 3 rings (SSSR count). The van der Waals surface area contributed by atoms with Gasteiger partial charge >= 0.3 is 0 Å². The Kier molecular flexibility index (Phi) is 5.23. The van der Waals surface area contributed by atoms with E-state index in [1.165, 1.54) is 11.3 Å². The average molecular weight is 360 g/mol. The van der Waals surface area contributed by atoms with Gasteiger partial charge < -0.3 is 19.7 Å². The van der Waals surface area contributed by atoms with E-state index < -0.39 is 6.04 Å². The standard InChI is InChI=1S/C18H20N2O4S/c1-23-13-9-12(10-14(11-13)24-2)19-17(21)15-5-3-7-20(15)18(22)16-6-4-8-25-16/h4,6,8-11,15H,3,5,7H2,1-2H3,(H,19,21)/t15-/m0/s1. The molecule has 7 heteroatoms. The number of amides is 2. The highest BCUT2D eigenvalue weighted by Crippen LogP contribution is 2.27. The second-order valence-corrected chi connectivity index (χ2v) is 6.67. The molecule has 2 amide bonds. The first-order valence-corrected chi connectivity index (χ1v) is 8.88. The van der Waals surface area contributed by atoms with Gasteiger partial charge in [0, 0.05) is 30.4 Å². The molecule has 1 aliphatic heterocycles. The fourth-order valence-electron chi connectivity index (χ4n) is 2.93. The van der Waals surface area contributed by atoms with Gasteiger partial charge in [-0.25, -0.2) is 0 Å².